The average molecular weight is 298 g/mol. The van der Waals surface area contributed by atoms with Crippen molar-refractivity contribution in [3.63, 3.8) is 0 Å². The minimum absolute atomic E-state index is 0.0349. The van der Waals surface area contributed by atoms with E-state index in [1.165, 1.54) is 6.07 Å². The highest BCUT2D eigenvalue weighted by Gasteiger charge is 2.16. The van der Waals surface area contributed by atoms with Crippen LogP contribution in [0.3, 0.4) is 0 Å². The first-order valence-corrected chi connectivity index (χ1v) is 7.25. The molecule has 0 aliphatic rings. The average Bonchev–Trinajstić information content (AvgIpc) is 2.35. The van der Waals surface area contributed by atoms with Crippen LogP contribution >= 0.6 is 11.6 Å². The van der Waals surface area contributed by atoms with Crippen molar-refractivity contribution < 1.29 is 8.42 Å². The SMILES string of the molecule is Cc1ccc(NS(=O)(=O)c2cnc(N)c(Cl)c2)cc1. The van der Waals surface area contributed by atoms with Gasteiger partial charge in [0.05, 0.1) is 5.02 Å². The second-order valence-electron chi connectivity index (χ2n) is 4.01. The van der Waals surface area contributed by atoms with Gasteiger partial charge in [-0.25, -0.2) is 13.4 Å². The van der Waals surface area contributed by atoms with Crippen LogP contribution in [-0.2, 0) is 10.0 Å². The fraction of sp³-hybridized carbons (Fsp3) is 0.0833. The van der Waals surface area contributed by atoms with Crippen molar-refractivity contribution >= 4 is 33.1 Å². The number of nitrogen functional groups attached to an aromatic ring is 1. The topological polar surface area (TPSA) is 85.1 Å². The number of sulfonamides is 1. The molecular formula is C12H12ClN3O2S. The molecule has 0 atom stereocenters. The molecule has 2 rings (SSSR count). The number of benzene rings is 1. The van der Waals surface area contributed by atoms with E-state index in [9.17, 15) is 8.42 Å². The van der Waals surface area contributed by atoms with Crippen molar-refractivity contribution in [2.75, 3.05) is 10.5 Å². The minimum atomic E-state index is -3.72. The number of anilines is 2. The first-order valence-electron chi connectivity index (χ1n) is 5.39. The van der Waals surface area contributed by atoms with Crippen LogP contribution in [0.15, 0.2) is 41.4 Å². The van der Waals surface area contributed by atoms with Gasteiger partial charge in [-0.2, -0.15) is 0 Å². The van der Waals surface area contributed by atoms with Crippen LogP contribution in [0.2, 0.25) is 5.02 Å². The number of halogens is 1. The fourth-order valence-corrected chi connectivity index (χ4v) is 2.67. The predicted molar refractivity (Wildman–Crippen MR) is 75.6 cm³/mol. The van der Waals surface area contributed by atoms with E-state index < -0.39 is 10.0 Å². The Kier molecular flexibility index (Phi) is 3.64. The number of aryl methyl sites for hydroxylation is 1. The Morgan fingerprint density at radius 3 is 2.47 bits per heavy atom. The summed E-state index contributed by atoms with van der Waals surface area (Å²) in [6.07, 6.45) is 1.16. The highest BCUT2D eigenvalue weighted by Crippen LogP contribution is 2.22. The van der Waals surface area contributed by atoms with E-state index >= 15 is 0 Å². The maximum absolute atomic E-state index is 12.1. The molecule has 1 aromatic carbocycles. The first-order chi connectivity index (χ1) is 8.88. The van der Waals surface area contributed by atoms with Crippen molar-refractivity contribution in [2.24, 2.45) is 0 Å². The highest BCUT2D eigenvalue weighted by molar-refractivity contribution is 7.92. The Morgan fingerprint density at radius 2 is 1.89 bits per heavy atom. The van der Waals surface area contributed by atoms with E-state index in [2.05, 4.69) is 9.71 Å². The summed E-state index contributed by atoms with van der Waals surface area (Å²) in [7, 11) is -3.72. The number of pyridine rings is 1. The maximum Gasteiger partial charge on any atom is 0.263 e. The van der Waals surface area contributed by atoms with Gasteiger partial charge in [-0.1, -0.05) is 29.3 Å². The third-order valence-electron chi connectivity index (χ3n) is 2.46. The Labute approximate surface area is 116 Å². The molecule has 0 fully saturated rings. The van der Waals surface area contributed by atoms with Crippen molar-refractivity contribution in [3.05, 3.63) is 47.1 Å². The second-order valence-corrected chi connectivity index (χ2v) is 6.10. The van der Waals surface area contributed by atoms with E-state index in [1.807, 2.05) is 19.1 Å². The van der Waals surface area contributed by atoms with Gasteiger partial charge in [0, 0.05) is 11.9 Å². The zero-order chi connectivity index (χ0) is 14.0. The zero-order valence-corrected chi connectivity index (χ0v) is 11.7. The normalized spacial score (nSPS) is 11.3. The van der Waals surface area contributed by atoms with E-state index in [1.54, 1.807) is 12.1 Å². The zero-order valence-electron chi connectivity index (χ0n) is 10.1. The quantitative estimate of drug-likeness (QED) is 0.911. The lowest BCUT2D eigenvalue weighted by atomic mass is 10.2. The number of hydrogen-bond acceptors (Lipinski definition) is 4. The molecule has 0 aliphatic heterocycles. The summed E-state index contributed by atoms with van der Waals surface area (Å²) in [5.41, 5.74) is 6.96. The van der Waals surface area contributed by atoms with Gasteiger partial charge in [-0.3, -0.25) is 4.72 Å². The lowest BCUT2D eigenvalue weighted by Gasteiger charge is -2.08. The maximum atomic E-state index is 12.1. The Hall–Kier alpha value is -1.79. The minimum Gasteiger partial charge on any atom is -0.382 e. The summed E-state index contributed by atoms with van der Waals surface area (Å²) in [6, 6.07) is 8.25. The smallest absolute Gasteiger partial charge is 0.263 e. The third kappa shape index (κ3) is 3.15. The van der Waals surface area contributed by atoms with Gasteiger partial charge in [-0.05, 0) is 25.1 Å². The van der Waals surface area contributed by atoms with E-state index in [0.29, 0.717) is 5.69 Å². The van der Waals surface area contributed by atoms with Crippen molar-refractivity contribution in [2.45, 2.75) is 11.8 Å². The van der Waals surface area contributed by atoms with Crippen LogP contribution in [0.4, 0.5) is 11.5 Å². The molecule has 100 valence electrons. The molecule has 3 N–H and O–H groups in total. The molecule has 0 saturated heterocycles. The number of nitrogens with two attached hydrogens (primary N) is 1. The molecule has 0 aliphatic carbocycles. The number of aromatic nitrogens is 1. The van der Waals surface area contributed by atoms with Crippen LogP contribution < -0.4 is 10.5 Å². The van der Waals surface area contributed by atoms with Crippen LogP contribution in [0.25, 0.3) is 0 Å². The van der Waals surface area contributed by atoms with E-state index in [4.69, 9.17) is 17.3 Å². The second kappa shape index (κ2) is 5.07. The molecule has 0 saturated carbocycles. The lowest BCUT2D eigenvalue weighted by Crippen LogP contribution is -2.13. The first kappa shape index (κ1) is 13.6. The lowest BCUT2D eigenvalue weighted by molar-refractivity contribution is 0.601. The molecule has 1 aromatic heterocycles. The largest absolute Gasteiger partial charge is 0.382 e. The third-order valence-corrected chi connectivity index (χ3v) is 4.11. The fourth-order valence-electron chi connectivity index (χ4n) is 1.41. The Bertz CT molecular complexity index is 699. The van der Waals surface area contributed by atoms with E-state index in [0.717, 1.165) is 11.8 Å². The van der Waals surface area contributed by atoms with Gasteiger partial charge < -0.3 is 5.73 Å². The molecule has 19 heavy (non-hydrogen) atoms. The Morgan fingerprint density at radius 1 is 1.26 bits per heavy atom. The van der Waals surface area contributed by atoms with Gasteiger partial charge in [0.1, 0.15) is 10.7 Å². The van der Waals surface area contributed by atoms with Gasteiger partial charge in [0.2, 0.25) is 0 Å². The molecule has 5 nitrogen and oxygen atoms in total. The van der Waals surface area contributed by atoms with Crippen LogP contribution in [0.1, 0.15) is 5.56 Å². The number of rotatable bonds is 3. The molecule has 2 aromatic rings. The summed E-state index contributed by atoms with van der Waals surface area (Å²) in [5.74, 6) is 0.0935. The number of nitrogens with zero attached hydrogens (tertiary/aromatic N) is 1. The highest BCUT2D eigenvalue weighted by atomic mass is 35.5. The summed E-state index contributed by atoms with van der Waals surface area (Å²) >= 11 is 5.76. The summed E-state index contributed by atoms with van der Waals surface area (Å²) < 4.78 is 26.6. The van der Waals surface area contributed by atoms with Gasteiger partial charge in [0.25, 0.3) is 10.0 Å². The Balaban J connectivity index is 2.32. The molecule has 0 bridgehead atoms. The summed E-state index contributed by atoms with van der Waals surface area (Å²) in [4.78, 5) is 3.69. The molecule has 0 spiro atoms. The molecule has 0 unspecified atom stereocenters. The van der Waals surface area contributed by atoms with Gasteiger partial charge in [0.15, 0.2) is 0 Å². The number of nitrogens with one attached hydrogen (secondary N) is 1. The number of hydrogen-bond donors (Lipinski definition) is 2. The molecule has 1 heterocycles. The van der Waals surface area contributed by atoms with Crippen molar-refractivity contribution in [1.29, 1.82) is 0 Å². The van der Waals surface area contributed by atoms with E-state index in [-0.39, 0.29) is 15.7 Å². The molecule has 0 amide bonds. The standard InChI is InChI=1S/C12H12ClN3O2S/c1-8-2-4-9(5-3-8)16-19(17,18)10-6-11(13)12(14)15-7-10/h2-7,16H,1H3,(H2,14,15). The van der Waals surface area contributed by atoms with Crippen molar-refractivity contribution in [1.82, 2.24) is 4.98 Å². The van der Waals surface area contributed by atoms with Gasteiger partial charge >= 0.3 is 0 Å². The summed E-state index contributed by atoms with van der Waals surface area (Å²) in [6.45, 7) is 1.92. The van der Waals surface area contributed by atoms with Crippen LogP contribution in [0.5, 0.6) is 0 Å². The van der Waals surface area contributed by atoms with Crippen LogP contribution in [-0.4, -0.2) is 13.4 Å². The predicted octanol–water partition coefficient (Wildman–Crippen LogP) is 2.43. The van der Waals surface area contributed by atoms with Crippen LogP contribution in [0, 0.1) is 6.92 Å². The monoisotopic (exact) mass is 297 g/mol. The summed E-state index contributed by atoms with van der Waals surface area (Å²) in [5, 5.41) is 0.104. The molecular weight excluding hydrogens is 286 g/mol. The molecule has 0 radical (unpaired) electrons. The van der Waals surface area contributed by atoms with Crippen molar-refractivity contribution in [3.8, 4) is 0 Å². The molecule has 7 heteroatoms. The van der Waals surface area contributed by atoms with Gasteiger partial charge in [-0.15, -0.1) is 0 Å².